The van der Waals surface area contributed by atoms with Crippen LogP contribution in [0.5, 0.6) is 0 Å². The minimum atomic E-state index is -2.99. The predicted molar refractivity (Wildman–Crippen MR) is 82.8 cm³/mol. The van der Waals surface area contributed by atoms with Crippen molar-refractivity contribution in [3.63, 3.8) is 0 Å². The highest BCUT2D eigenvalue weighted by molar-refractivity contribution is 7.90. The molecule has 2 heterocycles. The van der Waals surface area contributed by atoms with E-state index in [-0.39, 0.29) is 5.75 Å². The Balaban J connectivity index is 2.22. The van der Waals surface area contributed by atoms with Crippen molar-refractivity contribution in [2.45, 2.75) is 13.3 Å². The topological polar surface area (TPSA) is 84.8 Å². The van der Waals surface area contributed by atoms with Gasteiger partial charge in [-0.15, -0.1) is 0 Å². The smallest absolute Gasteiger partial charge is 0.180 e. The molecule has 0 fully saturated rings. The van der Waals surface area contributed by atoms with Gasteiger partial charge in [0, 0.05) is 30.8 Å². The van der Waals surface area contributed by atoms with Gasteiger partial charge in [0.25, 0.3) is 0 Å². The van der Waals surface area contributed by atoms with Crippen LogP contribution in [0.25, 0.3) is 11.5 Å². The van der Waals surface area contributed by atoms with Crippen LogP contribution < -0.4 is 5.32 Å². The molecule has 2 rings (SSSR count). The zero-order valence-electron chi connectivity index (χ0n) is 12.1. The van der Waals surface area contributed by atoms with Crippen LogP contribution >= 0.6 is 0 Å². The Morgan fingerprint density at radius 3 is 2.67 bits per heavy atom. The third-order valence-electron chi connectivity index (χ3n) is 2.81. The first-order chi connectivity index (χ1) is 9.98. The van der Waals surface area contributed by atoms with Crippen LogP contribution in [0.15, 0.2) is 30.5 Å². The molecular formula is C14H18N4O2S. The minimum absolute atomic E-state index is 0.0668. The van der Waals surface area contributed by atoms with Gasteiger partial charge in [-0.25, -0.2) is 18.4 Å². The van der Waals surface area contributed by atoms with Crippen LogP contribution in [-0.4, -0.2) is 41.9 Å². The van der Waals surface area contributed by atoms with E-state index in [1.54, 1.807) is 6.20 Å². The number of pyridine rings is 1. The maximum Gasteiger partial charge on any atom is 0.180 e. The van der Waals surface area contributed by atoms with Crippen LogP contribution in [0.2, 0.25) is 0 Å². The molecule has 112 valence electrons. The molecule has 0 spiro atoms. The van der Waals surface area contributed by atoms with Crippen molar-refractivity contribution in [2.75, 3.05) is 23.9 Å². The number of hydrogen-bond acceptors (Lipinski definition) is 6. The molecule has 0 unspecified atom stereocenters. The molecule has 0 aliphatic rings. The molecule has 6 nitrogen and oxygen atoms in total. The normalized spacial score (nSPS) is 11.3. The molecule has 21 heavy (non-hydrogen) atoms. The number of hydrogen-bond donors (Lipinski definition) is 1. The molecule has 0 radical (unpaired) electrons. The summed E-state index contributed by atoms with van der Waals surface area (Å²) in [6.07, 6.45) is 3.67. The minimum Gasteiger partial charge on any atom is -0.369 e. The summed E-state index contributed by atoms with van der Waals surface area (Å²) in [4.78, 5) is 13.1. The largest absolute Gasteiger partial charge is 0.369 e. The second kappa shape index (κ2) is 6.62. The number of rotatable bonds is 6. The Kier molecular flexibility index (Phi) is 4.85. The van der Waals surface area contributed by atoms with E-state index < -0.39 is 9.84 Å². The second-order valence-corrected chi connectivity index (χ2v) is 6.95. The number of nitrogens with zero attached hydrogens (tertiary/aromatic N) is 3. The first-order valence-electron chi connectivity index (χ1n) is 6.69. The van der Waals surface area contributed by atoms with Gasteiger partial charge < -0.3 is 5.32 Å². The number of anilines is 1. The fourth-order valence-electron chi connectivity index (χ4n) is 1.74. The van der Waals surface area contributed by atoms with Gasteiger partial charge in [-0.05, 0) is 18.6 Å². The Labute approximate surface area is 124 Å². The summed E-state index contributed by atoms with van der Waals surface area (Å²) in [7, 11) is -2.99. The molecule has 2 aromatic rings. The van der Waals surface area contributed by atoms with Crippen LogP contribution in [0, 0.1) is 0 Å². The summed E-state index contributed by atoms with van der Waals surface area (Å²) in [6, 6.07) is 7.38. The summed E-state index contributed by atoms with van der Waals surface area (Å²) in [5.41, 5.74) is 1.58. The Morgan fingerprint density at radius 2 is 2.05 bits per heavy atom. The van der Waals surface area contributed by atoms with Crippen molar-refractivity contribution in [2.24, 2.45) is 0 Å². The summed E-state index contributed by atoms with van der Waals surface area (Å²) < 4.78 is 22.3. The highest BCUT2D eigenvalue weighted by Crippen LogP contribution is 2.15. The van der Waals surface area contributed by atoms with Crippen molar-refractivity contribution < 1.29 is 8.42 Å². The molecule has 0 saturated carbocycles. The molecular weight excluding hydrogens is 288 g/mol. The molecule has 0 aliphatic heterocycles. The Hall–Kier alpha value is -2.02. The lowest BCUT2D eigenvalue weighted by Gasteiger charge is -2.08. The Morgan fingerprint density at radius 1 is 1.24 bits per heavy atom. The molecule has 0 atom stereocenters. The van der Waals surface area contributed by atoms with Crippen molar-refractivity contribution in [1.82, 2.24) is 15.0 Å². The molecule has 0 aromatic carbocycles. The van der Waals surface area contributed by atoms with Gasteiger partial charge >= 0.3 is 0 Å². The summed E-state index contributed by atoms with van der Waals surface area (Å²) in [5, 5.41) is 3.03. The lowest BCUT2D eigenvalue weighted by Crippen LogP contribution is -2.15. The van der Waals surface area contributed by atoms with Gasteiger partial charge in [0.1, 0.15) is 21.3 Å². The fourth-order valence-corrected chi connectivity index (χ4v) is 2.22. The number of sulfone groups is 1. The summed E-state index contributed by atoms with van der Waals surface area (Å²) in [6.45, 7) is 2.32. The van der Waals surface area contributed by atoms with Crippen LogP contribution in [0.4, 0.5) is 5.82 Å². The number of nitrogens with one attached hydrogen (secondary N) is 1. The van der Waals surface area contributed by atoms with E-state index >= 15 is 0 Å². The van der Waals surface area contributed by atoms with Crippen molar-refractivity contribution in [1.29, 1.82) is 0 Å². The Bertz CT molecular complexity index is 702. The second-order valence-electron chi connectivity index (χ2n) is 4.69. The van der Waals surface area contributed by atoms with Gasteiger partial charge in [-0.3, -0.25) is 4.98 Å². The van der Waals surface area contributed by atoms with Crippen molar-refractivity contribution in [3.8, 4) is 11.5 Å². The molecule has 0 aliphatic carbocycles. The number of aromatic nitrogens is 3. The average Bonchev–Trinajstić information content (AvgIpc) is 2.46. The van der Waals surface area contributed by atoms with Gasteiger partial charge in [0.2, 0.25) is 0 Å². The zero-order chi connectivity index (χ0) is 15.3. The van der Waals surface area contributed by atoms with E-state index in [0.717, 1.165) is 12.1 Å². The van der Waals surface area contributed by atoms with Crippen molar-refractivity contribution in [3.05, 3.63) is 36.2 Å². The molecule has 0 saturated heterocycles. The average molecular weight is 306 g/mol. The van der Waals surface area contributed by atoms with Gasteiger partial charge in [0.15, 0.2) is 5.82 Å². The number of aryl methyl sites for hydroxylation is 1. The van der Waals surface area contributed by atoms with Gasteiger partial charge in [0.05, 0.1) is 5.75 Å². The highest BCUT2D eigenvalue weighted by Gasteiger charge is 2.08. The molecule has 2 aromatic heterocycles. The van der Waals surface area contributed by atoms with E-state index in [1.165, 1.54) is 6.26 Å². The van der Waals surface area contributed by atoms with Crippen LogP contribution in [0.3, 0.4) is 0 Å². The molecule has 7 heteroatoms. The SMILES string of the molecule is CCc1cc(NCCS(C)(=O)=O)nc(-c2ccccn2)n1. The summed E-state index contributed by atoms with van der Waals surface area (Å²) in [5.74, 6) is 1.22. The zero-order valence-corrected chi connectivity index (χ0v) is 12.9. The standard InChI is InChI=1S/C14H18N4O2S/c1-3-11-10-13(16-8-9-21(2,19)20)18-14(17-11)12-6-4-5-7-15-12/h4-7,10H,3,8-9H2,1-2H3,(H,16,17,18). The first kappa shape index (κ1) is 15.4. The third-order valence-corrected chi connectivity index (χ3v) is 3.76. The van der Waals surface area contributed by atoms with Gasteiger partial charge in [-0.2, -0.15) is 0 Å². The first-order valence-corrected chi connectivity index (χ1v) is 8.75. The molecule has 0 amide bonds. The maximum atomic E-state index is 11.2. The lowest BCUT2D eigenvalue weighted by atomic mass is 10.3. The molecule has 1 N–H and O–H groups in total. The maximum absolute atomic E-state index is 11.2. The predicted octanol–water partition coefficient (Wildman–Crippen LogP) is 1.56. The van der Waals surface area contributed by atoms with Crippen LogP contribution in [-0.2, 0) is 16.3 Å². The van der Waals surface area contributed by atoms with Crippen LogP contribution in [0.1, 0.15) is 12.6 Å². The fraction of sp³-hybridized carbons (Fsp3) is 0.357. The van der Waals surface area contributed by atoms with E-state index in [2.05, 4.69) is 20.3 Å². The van der Waals surface area contributed by atoms with E-state index in [1.807, 2.05) is 31.2 Å². The molecule has 0 bridgehead atoms. The van der Waals surface area contributed by atoms with E-state index in [9.17, 15) is 8.42 Å². The monoisotopic (exact) mass is 306 g/mol. The van der Waals surface area contributed by atoms with E-state index in [4.69, 9.17) is 0 Å². The summed E-state index contributed by atoms with van der Waals surface area (Å²) >= 11 is 0. The van der Waals surface area contributed by atoms with Gasteiger partial charge in [-0.1, -0.05) is 13.0 Å². The van der Waals surface area contributed by atoms with Crippen molar-refractivity contribution >= 4 is 15.7 Å². The third kappa shape index (κ3) is 4.78. The lowest BCUT2D eigenvalue weighted by molar-refractivity contribution is 0.602. The van der Waals surface area contributed by atoms with E-state index in [0.29, 0.717) is 23.9 Å². The highest BCUT2D eigenvalue weighted by atomic mass is 32.2. The quantitative estimate of drug-likeness (QED) is 0.871.